The van der Waals surface area contributed by atoms with Crippen molar-refractivity contribution in [2.24, 2.45) is 11.8 Å². The van der Waals surface area contributed by atoms with Gasteiger partial charge in [-0.15, -0.1) is 0 Å². The summed E-state index contributed by atoms with van der Waals surface area (Å²) in [5, 5.41) is 0. The van der Waals surface area contributed by atoms with Crippen LogP contribution in [0.4, 0.5) is 0 Å². The van der Waals surface area contributed by atoms with Crippen LogP contribution < -0.4 is 0 Å². The van der Waals surface area contributed by atoms with Gasteiger partial charge in [0, 0.05) is 0 Å². The molecule has 0 spiro atoms. The summed E-state index contributed by atoms with van der Waals surface area (Å²) in [6, 6.07) is 0. The third-order valence-corrected chi connectivity index (χ3v) is 2.34. The number of hydrogen-bond acceptors (Lipinski definition) is 4. The van der Waals surface area contributed by atoms with Gasteiger partial charge in [-0.1, -0.05) is 6.42 Å². The molecule has 1 saturated carbocycles. The number of carbonyl (C=O) groups excluding carboxylic acids is 2. The van der Waals surface area contributed by atoms with Gasteiger partial charge in [0.2, 0.25) is 0 Å². The average molecular weight is 156 g/mol. The lowest BCUT2D eigenvalue weighted by Gasteiger charge is -2.25. The van der Waals surface area contributed by atoms with Crippen LogP contribution in [-0.4, -0.2) is 11.9 Å². The Morgan fingerprint density at radius 3 is 2.00 bits per heavy atom. The molecule has 0 radical (unpaired) electrons. The number of rotatable bonds is 1. The third-order valence-electron chi connectivity index (χ3n) is 2.34. The first kappa shape index (κ1) is 6.64. The minimum Gasteiger partial charge on any atom is -0.246 e. The Balaban J connectivity index is 2.09. The minimum absolute atomic E-state index is 0.178. The second-order valence-electron chi connectivity index (χ2n) is 2.97. The highest BCUT2D eigenvalue weighted by atomic mass is 17.2. The van der Waals surface area contributed by atoms with Crippen LogP contribution in [0.15, 0.2) is 0 Å². The molecule has 11 heavy (non-hydrogen) atoms. The summed E-state index contributed by atoms with van der Waals surface area (Å²) in [6.07, 6.45) is 2.98. The maximum absolute atomic E-state index is 10.9. The van der Waals surface area contributed by atoms with Crippen LogP contribution >= 0.6 is 0 Å². The van der Waals surface area contributed by atoms with Gasteiger partial charge in [-0.2, -0.15) is 0 Å². The van der Waals surface area contributed by atoms with Gasteiger partial charge >= 0.3 is 11.9 Å². The first-order valence-electron chi connectivity index (χ1n) is 3.71. The molecule has 4 nitrogen and oxygen atoms in total. The van der Waals surface area contributed by atoms with Crippen molar-refractivity contribution in [1.82, 2.24) is 0 Å². The quantitative estimate of drug-likeness (QED) is 0.407. The molecule has 0 aromatic rings. The van der Waals surface area contributed by atoms with Crippen LogP contribution in [0.2, 0.25) is 0 Å². The Labute approximate surface area is 63.4 Å². The first-order valence-corrected chi connectivity index (χ1v) is 3.71. The highest BCUT2D eigenvalue weighted by Crippen LogP contribution is 2.36. The molecule has 1 aliphatic carbocycles. The first-order chi connectivity index (χ1) is 5.29. The molecule has 2 rings (SSSR count). The second-order valence-corrected chi connectivity index (χ2v) is 2.97. The van der Waals surface area contributed by atoms with E-state index in [1.54, 1.807) is 0 Å². The van der Waals surface area contributed by atoms with Crippen molar-refractivity contribution in [2.45, 2.75) is 19.3 Å². The van der Waals surface area contributed by atoms with Crippen molar-refractivity contribution in [3.05, 3.63) is 0 Å². The topological polar surface area (TPSA) is 52.6 Å². The van der Waals surface area contributed by atoms with E-state index in [9.17, 15) is 9.59 Å². The van der Waals surface area contributed by atoms with E-state index < -0.39 is 17.9 Å². The molecule has 0 aromatic carbocycles. The van der Waals surface area contributed by atoms with Gasteiger partial charge in [-0.3, -0.25) is 0 Å². The van der Waals surface area contributed by atoms with Gasteiger partial charge in [-0.25, -0.2) is 19.4 Å². The van der Waals surface area contributed by atoms with Crippen molar-refractivity contribution in [2.75, 3.05) is 0 Å². The normalized spacial score (nSPS) is 26.2. The van der Waals surface area contributed by atoms with Gasteiger partial charge < -0.3 is 0 Å². The number of hydrogen-bond donors (Lipinski definition) is 0. The van der Waals surface area contributed by atoms with Crippen LogP contribution in [0.5, 0.6) is 0 Å². The molecule has 60 valence electrons. The van der Waals surface area contributed by atoms with E-state index in [-0.39, 0.29) is 5.92 Å². The largest absolute Gasteiger partial charge is 0.370 e. The fourth-order valence-electron chi connectivity index (χ4n) is 1.44. The summed E-state index contributed by atoms with van der Waals surface area (Å²) in [5.74, 6) is -1.47. The van der Waals surface area contributed by atoms with Crippen molar-refractivity contribution in [3.8, 4) is 0 Å². The lowest BCUT2D eigenvalue weighted by Crippen LogP contribution is -2.30. The molecule has 4 heteroatoms. The van der Waals surface area contributed by atoms with Crippen LogP contribution in [0.1, 0.15) is 19.3 Å². The minimum atomic E-state index is -0.622. The average Bonchev–Trinajstić information content (AvgIpc) is 2.15. The van der Waals surface area contributed by atoms with E-state index in [2.05, 4.69) is 9.78 Å². The molecule has 0 unspecified atom stereocenters. The van der Waals surface area contributed by atoms with Gasteiger partial charge in [0.1, 0.15) is 0 Å². The van der Waals surface area contributed by atoms with Crippen LogP contribution in [0, 0.1) is 11.8 Å². The molecule has 1 aliphatic heterocycles. The third kappa shape index (κ3) is 0.895. The van der Waals surface area contributed by atoms with Gasteiger partial charge in [0.25, 0.3) is 0 Å². The molecule has 2 fully saturated rings. The zero-order valence-corrected chi connectivity index (χ0v) is 5.91. The molecule has 1 heterocycles. The Bertz CT molecular complexity index is 190. The molecular weight excluding hydrogens is 148 g/mol. The van der Waals surface area contributed by atoms with Crippen LogP contribution in [0.25, 0.3) is 0 Å². The van der Waals surface area contributed by atoms with E-state index in [0.29, 0.717) is 0 Å². The van der Waals surface area contributed by atoms with Crippen molar-refractivity contribution < 1.29 is 19.4 Å². The van der Waals surface area contributed by atoms with Gasteiger partial charge in [0.05, 0.1) is 0 Å². The van der Waals surface area contributed by atoms with E-state index in [1.165, 1.54) is 0 Å². The summed E-state index contributed by atoms with van der Waals surface area (Å²) >= 11 is 0. The molecular formula is C7H8O4. The Kier molecular flexibility index (Phi) is 1.34. The lowest BCUT2D eigenvalue weighted by atomic mass is 9.76. The molecule has 1 saturated heterocycles. The highest BCUT2D eigenvalue weighted by Gasteiger charge is 2.46. The Morgan fingerprint density at radius 1 is 1.09 bits per heavy atom. The molecule has 0 N–H and O–H groups in total. The maximum atomic E-state index is 10.9. The Morgan fingerprint density at radius 2 is 1.64 bits per heavy atom. The zero-order valence-electron chi connectivity index (χ0n) is 5.91. The molecule has 0 bridgehead atoms. The van der Waals surface area contributed by atoms with Crippen LogP contribution in [0.3, 0.4) is 0 Å². The van der Waals surface area contributed by atoms with E-state index in [4.69, 9.17) is 0 Å². The van der Waals surface area contributed by atoms with Crippen molar-refractivity contribution in [1.29, 1.82) is 0 Å². The monoisotopic (exact) mass is 156 g/mol. The van der Waals surface area contributed by atoms with Gasteiger partial charge in [-0.05, 0) is 18.8 Å². The molecule has 0 amide bonds. The SMILES string of the molecule is O=C1OOC(=O)C1C1CCC1. The fraction of sp³-hybridized carbons (Fsp3) is 0.714. The summed E-state index contributed by atoms with van der Waals surface area (Å²) < 4.78 is 0. The van der Waals surface area contributed by atoms with E-state index >= 15 is 0 Å². The van der Waals surface area contributed by atoms with Gasteiger partial charge in [0.15, 0.2) is 5.92 Å². The van der Waals surface area contributed by atoms with E-state index in [1.807, 2.05) is 0 Å². The second kappa shape index (κ2) is 2.22. The standard InChI is InChI=1S/C7H8O4/c8-6-5(4-2-1-3-4)7(9)11-10-6/h4-5H,1-3H2. The Hall–Kier alpha value is -1.06. The van der Waals surface area contributed by atoms with Crippen LogP contribution in [-0.2, 0) is 19.4 Å². The van der Waals surface area contributed by atoms with Crippen molar-refractivity contribution >= 4 is 11.9 Å². The smallest absolute Gasteiger partial charge is 0.246 e. The predicted octanol–water partition coefficient (Wildman–Crippen LogP) is 0.418. The number of carbonyl (C=O) groups is 2. The summed E-state index contributed by atoms with van der Waals surface area (Å²) in [5.41, 5.74) is 0. The molecule has 2 aliphatic rings. The maximum Gasteiger partial charge on any atom is 0.370 e. The molecule has 0 atom stereocenters. The summed E-state index contributed by atoms with van der Waals surface area (Å²) in [6.45, 7) is 0. The van der Waals surface area contributed by atoms with E-state index in [0.717, 1.165) is 19.3 Å². The zero-order chi connectivity index (χ0) is 7.84. The lowest BCUT2D eigenvalue weighted by molar-refractivity contribution is -0.235. The fourth-order valence-corrected chi connectivity index (χ4v) is 1.44. The summed E-state index contributed by atoms with van der Waals surface area (Å²) in [7, 11) is 0. The van der Waals surface area contributed by atoms with Crippen molar-refractivity contribution in [3.63, 3.8) is 0 Å². The highest BCUT2D eigenvalue weighted by molar-refractivity contribution is 5.98. The summed E-state index contributed by atoms with van der Waals surface area (Å²) in [4.78, 5) is 30.0. The molecule has 0 aromatic heterocycles. The predicted molar refractivity (Wildman–Crippen MR) is 33.0 cm³/mol.